The molecule has 4 rings (SSSR count). The maximum Gasteiger partial charge on any atom is 0.258 e. The lowest BCUT2D eigenvalue weighted by atomic mass is 10.0. The van der Waals surface area contributed by atoms with Crippen molar-refractivity contribution in [2.75, 3.05) is 57.7 Å². The van der Waals surface area contributed by atoms with Gasteiger partial charge in [0.2, 0.25) is 0 Å². The van der Waals surface area contributed by atoms with E-state index in [4.69, 9.17) is 9.47 Å². The molecular weight excluding hydrogens is 504 g/mol. The molecule has 0 spiro atoms. The number of anilines is 1. The molecule has 1 saturated heterocycles. The molecule has 0 N–H and O–H groups in total. The number of hydrogen-bond acceptors (Lipinski definition) is 8. The zero-order valence-corrected chi connectivity index (χ0v) is 22.3. The summed E-state index contributed by atoms with van der Waals surface area (Å²) in [4.78, 5) is 21.5. The maximum absolute atomic E-state index is 13.5. The number of hydrogen-bond donors (Lipinski definition) is 0. The smallest absolute Gasteiger partial charge is 0.258 e. The Morgan fingerprint density at radius 2 is 1.95 bits per heavy atom. The lowest BCUT2D eigenvalue weighted by Crippen LogP contribution is -2.38. The third-order valence-corrected chi connectivity index (χ3v) is 7.09. The first kappa shape index (κ1) is 27.3. The van der Waals surface area contributed by atoms with E-state index in [0.29, 0.717) is 65.8 Å². The summed E-state index contributed by atoms with van der Waals surface area (Å²) in [6, 6.07) is 17.6. The van der Waals surface area contributed by atoms with Crippen molar-refractivity contribution in [3.05, 3.63) is 77.5 Å². The molecule has 0 unspecified atom stereocenters. The van der Waals surface area contributed by atoms with Gasteiger partial charge in [0.05, 0.1) is 36.3 Å². The quantitative estimate of drug-likeness (QED) is 0.412. The van der Waals surface area contributed by atoms with E-state index >= 15 is 0 Å². The standard InChI is InChI=1S/C28H30N4O5S/c1-31(24-9-8-22(19-29)25(18-24)26-5-3-4-10-30-26)28(33)21-6-7-23(20-38(2,34)35)27(17-21)37-16-13-32-11-14-36-15-12-32/h3-10,17-18H,11-16,20H2,1-2H3. The third kappa shape index (κ3) is 6.95. The normalized spacial score (nSPS) is 14.0. The first-order valence-electron chi connectivity index (χ1n) is 12.2. The van der Waals surface area contributed by atoms with Crippen molar-refractivity contribution in [3.8, 4) is 23.1 Å². The van der Waals surface area contributed by atoms with Crippen LogP contribution >= 0.6 is 0 Å². The molecule has 1 amide bonds. The van der Waals surface area contributed by atoms with Gasteiger partial charge >= 0.3 is 0 Å². The highest BCUT2D eigenvalue weighted by atomic mass is 32.2. The van der Waals surface area contributed by atoms with Crippen LogP contribution in [0.5, 0.6) is 5.75 Å². The highest BCUT2D eigenvalue weighted by Gasteiger charge is 2.20. The molecule has 0 aliphatic carbocycles. The third-order valence-electron chi connectivity index (χ3n) is 6.26. The Kier molecular flexibility index (Phi) is 8.73. The lowest BCUT2D eigenvalue weighted by Gasteiger charge is -2.26. The molecule has 2 heterocycles. The summed E-state index contributed by atoms with van der Waals surface area (Å²) < 4.78 is 35.4. The van der Waals surface area contributed by atoms with Gasteiger partial charge in [-0.05, 0) is 42.5 Å². The van der Waals surface area contributed by atoms with E-state index in [2.05, 4.69) is 16.0 Å². The van der Waals surface area contributed by atoms with Crippen LogP contribution in [-0.2, 0) is 20.3 Å². The number of amides is 1. The average Bonchev–Trinajstić information content (AvgIpc) is 2.93. The number of rotatable bonds is 9. The largest absolute Gasteiger partial charge is 0.492 e. The SMILES string of the molecule is CN(C(=O)c1ccc(CS(C)(=O)=O)c(OCCN2CCOCC2)c1)c1ccc(C#N)c(-c2ccccn2)c1. The Bertz CT molecular complexity index is 1430. The number of morpholine rings is 1. The number of ether oxygens (including phenoxy) is 2. The van der Waals surface area contributed by atoms with Crippen LogP contribution in [0.3, 0.4) is 0 Å². The van der Waals surface area contributed by atoms with Gasteiger partial charge in [0.1, 0.15) is 12.4 Å². The number of nitriles is 1. The first-order chi connectivity index (χ1) is 18.2. The number of aromatic nitrogens is 1. The highest BCUT2D eigenvalue weighted by molar-refractivity contribution is 7.89. The molecule has 0 atom stereocenters. The summed E-state index contributed by atoms with van der Waals surface area (Å²) in [5.41, 5.74) is 3.16. The van der Waals surface area contributed by atoms with Gasteiger partial charge in [-0.1, -0.05) is 12.1 Å². The van der Waals surface area contributed by atoms with Crippen molar-refractivity contribution in [1.82, 2.24) is 9.88 Å². The van der Waals surface area contributed by atoms with Gasteiger partial charge in [0.15, 0.2) is 9.84 Å². The summed E-state index contributed by atoms with van der Waals surface area (Å²) in [7, 11) is -1.66. The molecule has 198 valence electrons. The summed E-state index contributed by atoms with van der Waals surface area (Å²) in [5, 5.41) is 9.56. The summed E-state index contributed by atoms with van der Waals surface area (Å²) in [5.74, 6) is -0.115. The number of benzene rings is 2. The second kappa shape index (κ2) is 12.2. The molecule has 1 aliphatic heterocycles. The van der Waals surface area contributed by atoms with Crippen molar-refractivity contribution < 1.29 is 22.7 Å². The minimum Gasteiger partial charge on any atom is -0.492 e. The summed E-state index contributed by atoms with van der Waals surface area (Å²) in [6.45, 7) is 4.00. The van der Waals surface area contributed by atoms with Crippen molar-refractivity contribution >= 4 is 21.4 Å². The van der Waals surface area contributed by atoms with E-state index in [-0.39, 0.29) is 11.7 Å². The number of pyridine rings is 1. The van der Waals surface area contributed by atoms with Crippen LogP contribution < -0.4 is 9.64 Å². The molecule has 9 nitrogen and oxygen atoms in total. The fourth-order valence-corrected chi connectivity index (χ4v) is 5.02. The molecule has 0 saturated carbocycles. The van der Waals surface area contributed by atoms with E-state index < -0.39 is 9.84 Å². The van der Waals surface area contributed by atoms with Crippen LogP contribution in [0.4, 0.5) is 5.69 Å². The topological polar surface area (TPSA) is 113 Å². The number of sulfone groups is 1. The Labute approximate surface area is 223 Å². The van der Waals surface area contributed by atoms with E-state index in [1.807, 2.05) is 12.1 Å². The summed E-state index contributed by atoms with van der Waals surface area (Å²) >= 11 is 0. The minimum atomic E-state index is -3.31. The molecule has 1 fully saturated rings. The number of carbonyl (C=O) groups excluding carboxylic acids is 1. The van der Waals surface area contributed by atoms with Gasteiger partial charge < -0.3 is 14.4 Å². The first-order valence-corrected chi connectivity index (χ1v) is 14.3. The number of carbonyl (C=O) groups is 1. The minimum absolute atomic E-state index is 0.187. The maximum atomic E-state index is 13.5. The van der Waals surface area contributed by atoms with Crippen LogP contribution in [-0.4, -0.2) is 77.0 Å². The van der Waals surface area contributed by atoms with Gasteiger partial charge in [-0.2, -0.15) is 5.26 Å². The van der Waals surface area contributed by atoms with Crippen molar-refractivity contribution in [2.24, 2.45) is 0 Å². The molecule has 38 heavy (non-hydrogen) atoms. The molecular formula is C28H30N4O5S. The molecule has 3 aromatic rings. The van der Waals surface area contributed by atoms with Crippen LogP contribution in [0.25, 0.3) is 11.3 Å². The molecule has 1 aliphatic rings. The van der Waals surface area contributed by atoms with Crippen molar-refractivity contribution in [3.63, 3.8) is 0 Å². The number of nitrogens with zero attached hydrogens (tertiary/aromatic N) is 4. The van der Waals surface area contributed by atoms with Crippen LogP contribution in [0.15, 0.2) is 60.8 Å². The molecule has 1 aromatic heterocycles. The van der Waals surface area contributed by atoms with Gasteiger partial charge in [-0.3, -0.25) is 14.7 Å². The van der Waals surface area contributed by atoms with E-state index in [0.717, 1.165) is 13.1 Å². The Morgan fingerprint density at radius 3 is 2.63 bits per heavy atom. The predicted molar refractivity (Wildman–Crippen MR) is 145 cm³/mol. The van der Waals surface area contributed by atoms with Gasteiger partial charge in [0.25, 0.3) is 5.91 Å². The Morgan fingerprint density at radius 1 is 1.16 bits per heavy atom. The summed E-state index contributed by atoms with van der Waals surface area (Å²) in [6.07, 6.45) is 2.82. The predicted octanol–water partition coefficient (Wildman–Crippen LogP) is 3.15. The molecule has 0 bridgehead atoms. The second-order valence-electron chi connectivity index (χ2n) is 9.12. The van der Waals surface area contributed by atoms with E-state index in [1.165, 1.54) is 11.2 Å². The molecule has 0 radical (unpaired) electrons. The van der Waals surface area contributed by atoms with Gasteiger partial charge in [-0.25, -0.2) is 8.42 Å². The fourth-order valence-electron chi connectivity index (χ4n) is 4.22. The second-order valence-corrected chi connectivity index (χ2v) is 11.3. The Balaban J connectivity index is 1.58. The van der Waals surface area contributed by atoms with Crippen LogP contribution in [0, 0.1) is 11.3 Å². The van der Waals surface area contributed by atoms with E-state index in [9.17, 15) is 18.5 Å². The fraction of sp³-hybridized carbons (Fsp3) is 0.321. The van der Waals surface area contributed by atoms with Gasteiger partial charge in [-0.15, -0.1) is 0 Å². The van der Waals surface area contributed by atoms with E-state index in [1.54, 1.807) is 55.7 Å². The zero-order chi connectivity index (χ0) is 27.1. The average molecular weight is 535 g/mol. The monoisotopic (exact) mass is 534 g/mol. The molecule has 2 aromatic carbocycles. The van der Waals surface area contributed by atoms with Crippen LogP contribution in [0.1, 0.15) is 21.5 Å². The molecule has 10 heteroatoms. The van der Waals surface area contributed by atoms with Crippen LogP contribution in [0.2, 0.25) is 0 Å². The van der Waals surface area contributed by atoms with Gasteiger partial charge in [0, 0.05) is 61.5 Å². The highest BCUT2D eigenvalue weighted by Crippen LogP contribution is 2.29. The zero-order valence-electron chi connectivity index (χ0n) is 21.5. The Hall–Kier alpha value is -3.78. The van der Waals surface area contributed by atoms with Crippen molar-refractivity contribution in [1.29, 1.82) is 5.26 Å². The van der Waals surface area contributed by atoms with Crippen molar-refractivity contribution in [2.45, 2.75) is 5.75 Å². The lowest BCUT2D eigenvalue weighted by molar-refractivity contribution is 0.0322.